The average Bonchev–Trinajstić information content (AvgIpc) is 1.14. The van der Waals surface area contributed by atoms with Crippen molar-refractivity contribution < 1.29 is 0 Å². The molecule has 0 saturated heterocycles. The lowest BCUT2D eigenvalue weighted by Crippen LogP contribution is -2.29. The third-order valence-corrected chi connectivity index (χ3v) is 14.4. The average molecular weight is 384 g/mol. The van der Waals surface area contributed by atoms with E-state index in [0.29, 0.717) is 0 Å². The van der Waals surface area contributed by atoms with E-state index in [2.05, 4.69) is 69.8 Å². The largest absolute Gasteiger partial charge is 0.120 e. The topological polar surface area (TPSA) is 0 Å². The highest BCUT2D eigenvalue weighted by Crippen LogP contribution is 2.28. The van der Waals surface area contributed by atoms with Crippen LogP contribution in [0.15, 0.2) is 0 Å². The Morgan fingerprint density at radius 2 is 1.11 bits per heavy atom. The molecule has 4 heteroatoms. The molecule has 0 aliphatic carbocycles. The Kier molecular flexibility index (Phi) is 4.27. The van der Waals surface area contributed by atoms with Gasteiger partial charge in [0.25, 0.3) is 0 Å². The molecule has 0 aliphatic rings. The quantitative estimate of drug-likeness (QED) is 0.386. The van der Waals surface area contributed by atoms with Crippen molar-refractivity contribution >= 4 is 54.7 Å². The minimum absolute atomic E-state index is 0.768. The van der Waals surface area contributed by atoms with E-state index in [1.807, 2.05) is 0 Å². The second-order valence-electron chi connectivity index (χ2n) is 3.61. The Morgan fingerprint density at radius 3 is 1.11 bits per heavy atom. The molecule has 0 radical (unpaired) electrons. The highest BCUT2D eigenvalue weighted by atomic mass is 127. The molecule has 0 amide bonds. The normalized spacial score (nSPS) is 14.0. The highest BCUT2D eigenvalue weighted by Gasteiger charge is 2.27. The van der Waals surface area contributed by atoms with Gasteiger partial charge in [0.05, 0.1) is 0 Å². The molecule has 0 aromatic carbocycles. The lowest BCUT2D eigenvalue weighted by molar-refractivity contribution is 1.69. The summed E-state index contributed by atoms with van der Waals surface area (Å²) in [4.78, 5) is 0. The standard InChI is InChI=1S/C5H14I2Si2/c1-8(2,6)5-9(3,4)7/h5H2,1-4H3. The fourth-order valence-electron chi connectivity index (χ4n) is 1.000. The summed E-state index contributed by atoms with van der Waals surface area (Å²) in [5.41, 5.74) is 0.00597. The first-order chi connectivity index (χ1) is 3.71. The van der Waals surface area contributed by atoms with Crippen LogP contribution in [0.4, 0.5) is 0 Å². The maximum Gasteiger partial charge on any atom is 0.117 e. The molecule has 0 N–H and O–H groups in total. The molecular weight excluding hydrogens is 370 g/mol. The Balaban J connectivity index is 3.75. The van der Waals surface area contributed by atoms with E-state index in [1.54, 1.807) is 5.67 Å². The predicted molar refractivity (Wildman–Crippen MR) is 67.8 cm³/mol. The molecule has 0 unspecified atom stereocenters. The van der Waals surface area contributed by atoms with Gasteiger partial charge in [-0.1, -0.05) is 26.2 Å². The second kappa shape index (κ2) is 3.53. The van der Waals surface area contributed by atoms with Crippen LogP contribution in [0.2, 0.25) is 31.9 Å². The smallest absolute Gasteiger partial charge is 0.117 e. The summed E-state index contributed by atoms with van der Waals surface area (Å²) in [6.07, 6.45) is 0. The van der Waals surface area contributed by atoms with Gasteiger partial charge in [-0.15, -0.1) is 43.6 Å². The minimum Gasteiger partial charge on any atom is -0.120 e. The summed E-state index contributed by atoms with van der Waals surface area (Å²) in [6, 6.07) is 0. The molecule has 0 heterocycles. The van der Waals surface area contributed by atoms with Crippen molar-refractivity contribution in [2.45, 2.75) is 31.9 Å². The van der Waals surface area contributed by atoms with E-state index >= 15 is 0 Å². The molecule has 0 spiro atoms. The molecule has 0 aliphatic heterocycles. The zero-order valence-corrected chi connectivity index (χ0v) is 12.8. The lowest BCUT2D eigenvalue weighted by atomic mass is 11.8. The highest BCUT2D eigenvalue weighted by molar-refractivity contribution is 14.1. The van der Waals surface area contributed by atoms with Crippen LogP contribution in [0, 0.1) is 0 Å². The SMILES string of the molecule is C[Si](C)(I)C[Si](C)(C)I. The lowest BCUT2D eigenvalue weighted by Gasteiger charge is -2.21. The number of hydrogen-bond acceptors (Lipinski definition) is 0. The molecule has 9 heavy (non-hydrogen) atoms. The van der Waals surface area contributed by atoms with Crippen LogP contribution in [0.25, 0.3) is 0 Å². The molecule has 0 fully saturated rings. The molecule has 0 rings (SSSR count). The van der Waals surface area contributed by atoms with E-state index in [9.17, 15) is 0 Å². The van der Waals surface area contributed by atoms with Gasteiger partial charge in [-0.05, 0) is 5.67 Å². The summed E-state index contributed by atoms with van der Waals surface area (Å²) in [6.45, 7) is 9.78. The van der Waals surface area contributed by atoms with Crippen molar-refractivity contribution in [1.29, 1.82) is 0 Å². The fourth-order valence-corrected chi connectivity index (χ4v) is 32.7. The van der Waals surface area contributed by atoms with Gasteiger partial charge < -0.3 is 0 Å². The fraction of sp³-hybridized carbons (Fsp3) is 1.00. The Labute approximate surface area is 85.6 Å². The van der Waals surface area contributed by atoms with E-state index in [0.717, 1.165) is 0 Å². The van der Waals surface area contributed by atoms with Crippen LogP contribution >= 0.6 is 43.6 Å². The van der Waals surface area contributed by atoms with Crippen molar-refractivity contribution in [3.05, 3.63) is 0 Å². The number of rotatable bonds is 2. The molecule has 56 valence electrons. The molecule has 0 saturated carbocycles. The van der Waals surface area contributed by atoms with Crippen LogP contribution < -0.4 is 0 Å². The second-order valence-corrected chi connectivity index (χ2v) is 29.4. The van der Waals surface area contributed by atoms with Crippen molar-refractivity contribution in [2.75, 3.05) is 0 Å². The van der Waals surface area contributed by atoms with Crippen LogP contribution in [-0.2, 0) is 0 Å². The van der Waals surface area contributed by atoms with E-state index < -0.39 is 11.1 Å². The van der Waals surface area contributed by atoms with Crippen molar-refractivity contribution in [1.82, 2.24) is 0 Å². The summed E-state index contributed by atoms with van der Waals surface area (Å²) in [5, 5.41) is 0. The monoisotopic (exact) mass is 384 g/mol. The first-order valence-corrected chi connectivity index (χ1v) is 15.7. The van der Waals surface area contributed by atoms with Gasteiger partial charge >= 0.3 is 0 Å². The Morgan fingerprint density at radius 1 is 0.889 bits per heavy atom. The van der Waals surface area contributed by atoms with Crippen molar-refractivity contribution in [2.24, 2.45) is 0 Å². The minimum atomic E-state index is -0.768. The molecular formula is C5H14I2Si2. The Hall–Kier alpha value is 1.89. The van der Waals surface area contributed by atoms with Gasteiger partial charge in [-0.25, -0.2) is 0 Å². The summed E-state index contributed by atoms with van der Waals surface area (Å²) in [5.74, 6) is 0. The van der Waals surface area contributed by atoms with Crippen molar-refractivity contribution in [3.8, 4) is 0 Å². The number of hydrogen-bond donors (Lipinski definition) is 0. The van der Waals surface area contributed by atoms with Gasteiger partial charge in [-0.2, -0.15) is 0 Å². The maximum absolute atomic E-state index is 2.67. The van der Waals surface area contributed by atoms with Gasteiger partial charge in [0.1, 0.15) is 11.1 Å². The maximum atomic E-state index is 2.67. The van der Waals surface area contributed by atoms with Crippen LogP contribution in [-0.4, -0.2) is 11.1 Å². The van der Waals surface area contributed by atoms with Gasteiger partial charge in [0, 0.05) is 0 Å². The van der Waals surface area contributed by atoms with Gasteiger partial charge in [-0.3, -0.25) is 0 Å². The van der Waals surface area contributed by atoms with Gasteiger partial charge in [0.15, 0.2) is 0 Å². The molecule has 0 aromatic rings. The first kappa shape index (κ1) is 10.9. The zero-order chi connectivity index (χ0) is 7.71. The molecule has 0 aromatic heterocycles. The summed E-state index contributed by atoms with van der Waals surface area (Å²) in [7, 11) is 0. The third kappa shape index (κ3) is 9.89. The van der Waals surface area contributed by atoms with Crippen LogP contribution in [0.5, 0.6) is 0 Å². The van der Waals surface area contributed by atoms with E-state index in [1.165, 1.54) is 0 Å². The molecule has 0 atom stereocenters. The number of halogens is 2. The Bertz CT molecular complexity index is 78.1. The van der Waals surface area contributed by atoms with Gasteiger partial charge in [0.2, 0.25) is 0 Å². The summed E-state index contributed by atoms with van der Waals surface area (Å²) >= 11 is 5.34. The molecule has 0 bridgehead atoms. The first-order valence-electron chi connectivity index (χ1n) is 3.09. The van der Waals surface area contributed by atoms with Crippen molar-refractivity contribution in [3.63, 3.8) is 0 Å². The predicted octanol–water partition coefficient (Wildman–Crippen LogP) is 3.81. The molecule has 0 nitrogen and oxygen atoms in total. The zero-order valence-electron chi connectivity index (χ0n) is 6.46. The van der Waals surface area contributed by atoms with E-state index in [-0.39, 0.29) is 0 Å². The van der Waals surface area contributed by atoms with Crippen LogP contribution in [0.1, 0.15) is 0 Å². The van der Waals surface area contributed by atoms with E-state index in [4.69, 9.17) is 0 Å². The van der Waals surface area contributed by atoms with Crippen LogP contribution in [0.3, 0.4) is 0 Å². The third-order valence-electron chi connectivity index (χ3n) is 0.841. The summed E-state index contributed by atoms with van der Waals surface area (Å²) < 4.78 is 0.